The number of nitrogens with zero attached hydrogens (tertiary/aromatic N) is 2. The molecule has 0 aliphatic carbocycles. The van der Waals surface area contributed by atoms with Gasteiger partial charge in [0.1, 0.15) is 0 Å². The monoisotopic (exact) mass is 350 g/mol. The van der Waals surface area contributed by atoms with Crippen molar-refractivity contribution in [2.75, 3.05) is 12.3 Å². The van der Waals surface area contributed by atoms with Crippen LogP contribution in [0.5, 0.6) is 0 Å². The summed E-state index contributed by atoms with van der Waals surface area (Å²) in [6, 6.07) is 6.98. The molecule has 0 saturated carbocycles. The predicted octanol–water partition coefficient (Wildman–Crippen LogP) is 1.87. The van der Waals surface area contributed by atoms with Crippen LogP contribution in [0.15, 0.2) is 29.2 Å². The van der Waals surface area contributed by atoms with Gasteiger partial charge in [-0.05, 0) is 44.3 Å². The number of nitrogen functional groups attached to an aromatic ring is 1. The largest absolute Gasteiger partial charge is 0.449 e. The highest BCUT2D eigenvalue weighted by Gasteiger charge is 2.13. The molecule has 0 aliphatic heterocycles. The van der Waals surface area contributed by atoms with Gasteiger partial charge in [-0.2, -0.15) is 5.10 Å². The second kappa shape index (κ2) is 6.96. The van der Waals surface area contributed by atoms with E-state index >= 15 is 0 Å². The van der Waals surface area contributed by atoms with Crippen molar-refractivity contribution in [3.63, 3.8) is 0 Å². The Kier molecular flexibility index (Phi) is 5.18. The Morgan fingerprint density at radius 3 is 2.50 bits per heavy atom. The molecule has 2 aromatic rings. The number of ether oxygens (including phenoxy) is 1. The quantitative estimate of drug-likeness (QED) is 0.802. The van der Waals surface area contributed by atoms with Crippen molar-refractivity contribution in [2.24, 2.45) is 0 Å². The minimum atomic E-state index is -2.95. The Morgan fingerprint density at radius 2 is 2.00 bits per heavy atom. The summed E-state index contributed by atoms with van der Waals surface area (Å²) in [5.74, 6) is 3.59. The van der Waals surface area contributed by atoms with Crippen LogP contribution in [-0.2, 0) is 21.0 Å². The summed E-state index contributed by atoms with van der Waals surface area (Å²) in [7, 11) is -2.95. The van der Waals surface area contributed by atoms with Crippen molar-refractivity contribution < 1.29 is 13.7 Å². The van der Waals surface area contributed by atoms with E-state index in [0.29, 0.717) is 17.1 Å². The summed E-state index contributed by atoms with van der Waals surface area (Å²) in [5.41, 5.74) is 9.28. The fourth-order valence-electron chi connectivity index (χ4n) is 2.21. The van der Waals surface area contributed by atoms with Crippen molar-refractivity contribution in [3.05, 3.63) is 41.2 Å². The van der Waals surface area contributed by atoms with E-state index in [1.165, 1.54) is 0 Å². The second-order valence-electron chi connectivity index (χ2n) is 5.38. The zero-order valence-corrected chi connectivity index (χ0v) is 14.9. The summed E-state index contributed by atoms with van der Waals surface area (Å²) in [4.78, 5) is 11.9. The molecule has 8 heteroatoms. The van der Waals surface area contributed by atoms with Gasteiger partial charge in [-0.25, -0.2) is 13.7 Å². The van der Waals surface area contributed by atoms with Crippen LogP contribution in [0, 0.1) is 13.8 Å². The number of hydrogen-bond acceptors (Lipinski definition) is 5. The predicted molar refractivity (Wildman–Crippen MR) is 95.3 cm³/mol. The molecule has 1 atom stereocenters. The number of carbonyl (C=O) groups excluding carboxylic acids is 1. The first kappa shape index (κ1) is 17.9. The molecule has 0 radical (unpaired) electrons. The smallest absolute Gasteiger partial charge is 0.418 e. The molecule has 0 saturated heterocycles. The van der Waals surface area contributed by atoms with E-state index in [1.807, 2.05) is 30.7 Å². The molecule has 130 valence electrons. The zero-order valence-electron chi connectivity index (χ0n) is 14.0. The number of benzene rings is 1. The molecular weight excluding hydrogens is 328 g/mol. The Morgan fingerprint density at radius 1 is 1.38 bits per heavy atom. The highest BCUT2D eigenvalue weighted by Crippen LogP contribution is 2.17. The summed E-state index contributed by atoms with van der Waals surface area (Å²) in [6.45, 7) is 6.20. The molecule has 7 nitrogen and oxygen atoms in total. The Bertz CT molecular complexity index is 839. The van der Waals surface area contributed by atoms with Crippen LogP contribution in [0.25, 0.3) is 0 Å². The van der Waals surface area contributed by atoms with Gasteiger partial charge in [0, 0.05) is 4.90 Å². The van der Waals surface area contributed by atoms with Crippen molar-refractivity contribution in [2.45, 2.75) is 32.2 Å². The van der Waals surface area contributed by atoms with Crippen molar-refractivity contribution in [1.82, 2.24) is 14.5 Å². The number of nitrogens with one attached hydrogen (secondary N) is 1. The number of rotatable bonds is 5. The summed E-state index contributed by atoms with van der Waals surface area (Å²) < 4.78 is 21.3. The minimum absolute atomic E-state index is 0.200. The Hall–Kier alpha value is -2.48. The second-order valence-corrected chi connectivity index (χ2v) is 7.41. The molecule has 0 spiro atoms. The van der Waals surface area contributed by atoms with Gasteiger partial charge >= 0.3 is 6.09 Å². The lowest BCUT2D eigenvalue weighted by Crippen LogP contribution is -2.30. The number of amides is 1. The van der Waals surface area contributed by atoms with Gasteiger partial charge in [0.2, 0.25) is 0 Å². The number of anilines is 1. The van der Waals surface area contributed by atoms with Gasteiger partial charge in [0.25, 0.3) is 0 Å². The van der Waals surface area contributed by atoms with E-state index in [0.717, 1.165) is 17.0 Å². The molecule has 1 heterocycles. The number of carbonyl (C=O) groups is 1. The van der Waals surface area contributed by atoms with E-state index in [4.69, 9.17) is 10.5 Å². The zero-order chi connectivity index (χ0) is 17.9. The van der Waals surface area contributed by atoms with Crippen LogP contribution in [0.3, 0.4) is 0 Å². The fraction of sp³-hybridized carbons (Fsp3) is 0.312. The van der Waals surface area contributed by atoms with Gasteiger partial charge < -0.3 is 10.5 Å². The van der Waals surface area contributed by atoms with E-state index < -0.39 is 15.8 Å². The summed E-state index contributed by atoms with van der Waals surface area (Å²) in [5, 5.41) is 4.39. The van der Waals surface area contributed by atoms with Crippen LogP contribution in [0.1, 0.15) is 23.9 Å². The van der Waals surface area contributed by atoms with E-state index in [2.05, 4.69) is 15.7 Å². The molecular formula is C16H22N4O3S. The maximum absolute atomic E-state index is 12.5. The lowest BCUT2D eigenvalue weighted by molar-refractivity contribution is 0.159. The number of aryl methyl sites for hydroxylation is 1. The van der Waals surface area contributed by atoms with Crippen molar-refractivity contribution >= 4 is 27.4 Å². The first-order valence-corrected chi connectivity index (χ1v) is 9.17. The molecule has 2 rings (SSSR count). The Balaban J connectivity index is 2.15. The van der Waals surface area contributed by atoms with Gasteiger partial charge in [-0.1, -0.05) is 12.1 Å². The first-order valence-electron chi connectivity index (χ1n) is 7.44. The molecule has 1 unspecified atom stereocenters. The molecule has 24 heavy (non-hydrogen) atoms. The van der Waals surface area contributed by atoms with Crippen LogP contribution in [-0.4, -0.2) is 32.6 Å². The average molecular weight is 350 g/mol. The highest BCUT2D eigenvalue weighted by molar-refractivity contribution is 7.99. The van der Waals surface area contributed by atoms with Crippen molar-refractivity contribution in [1.29, 1.82) is 0 Å². The third-order valence-electron chi connectivity index (χ3n) is 3.60. The van der Waals surface area contributed by atoms with Gasteiger partial charge in [-0.15, -0.1) is 0 Å². The molecule has 1 amide bonds. The average Bonchev–Trinajstić information content (AvgIpc) is 2.75. The van der Waals surface area contributed by atoms with Crippen LogP contribution in [0.4, 0.5) is 10.5 Å². The lowest BCUT2D eigenvalue weighted by Gasteiger charge is -2.12. The third-order valence-corrected chi connectivity index (χ3v) is 5.13. The third kappa shape index (κ3) is 3.88. The fourth-order valence-corrected chi connectivity index (χ4v) is 3.23. The normalized spacial score (nSPS) is 13.3. The van der Waals surface area contributed by atoms with E-state index in [1.54, 1.807) is 19.1 Å². The summed E-state index contributed by atoms with van der Waals surface area (Å²) in [6.07, 6.45) is -0.750. The highest BCUT2D eigenvalue weighted by atomic mass is 32.2. The molecule has 0 aliphatic rings. The van der Waals surface area contributed by atoms with Crippen LogP contribution < -0.4 is 10.5 Å². The molecule has 1 aromatic heterocycles. The van der Waals surface area contributed by atoms with Crippen LogP contribution >= 0.6 is 0 Å². The molecule has 0 bridgehead atoms. The lowest BCUT2D eigenvalue weighted by atomic mass is 10.2. The number of nitrogens with two attached hydrogens (primary N) is 1. The number of aromatic nitrogens is 2. The standard InChI is InChI=1S/C16H22N4O3S/c1-5-23-16(21)19-24(4,22)14-8-6-13(7-9-14)10-20-12(3)15(17)11(2)18-20/h6-9H,4-5,10,17H2,1-3H3,(H,19,21,22). The topological polar surface area (TPSA) is 99.2 Å². The first-order chi connectivity index (χ1) is 11.2. The van der Waals surface area contributed by atoms with Gasteiger partial charge in [0.05, 0.1) is 39.9 Å². The maximum Gasteiger partial charge on any atom is 0.418 e. The van der Waals surface area contributed by atoms with Crippen molar-refractivity contribution in [3.8, 4) is 0 Å². The SMILES string of the molecule is C=S(=O)(NC(=O)OCC)c1ccc(Cn2nc(C)c(N)c2C)cc1. The molecule has 0 fully saturated rings. The van der Waals surface area contributed by atoms with Gasteiger partial charge in [-0.3, -0.25) is 4.68 Å². The minimum Gasteiger partial charge on any atom is -0.449 e. The maximum atomic E-state index is 12.5. The van der Waals surface area contributed by atoms with Gasteiger partial charge in [0.15, 0.2) is 0 Å². The van der Waals surface area contributed by atoms with E-state index in [-0.39, 0.29) is 6.61 Å². The number of hydrogen-bond donors (Lipinski definition) is 2. The Labute approximate surface area is 141 Å². The molecule has 1 aromatic carbocycles. The van der Waals surface area contributed by atoms with E-state index in [9.17, 15) is 9.00 Å². The van der Waals surface area contributed by atoms with Crippen LogP contribution in [0.2, 0.25) is 0 Å². The summed E-state index contributed by atoms with van der Waals surface area (Å²) >= 11 is 0. The molecule has 3 N–H and O–H groups in total.